The second kappa shape index (κ2) is 8.12. The molecule has 1 unspecified atom stereocenters. The zero-order chi connectivity index (χ0) is 21.6. The van der Waals surface area contributed by atoms with Crippen LogP contribution in [0.1, 0.15) is 70.8 Å². The zero-order valence-corrected chi connectivity index (χ0v) is 19.1. The first-order chi connectivity index (χ1) is 14.2. The Morgan fingerprint density at radius 1 is 1.17 bits per heavy atom. The third-order valence-electron chi connectivity index (χ3n) is 6.44. The largest absolute Gasteiger partial charge is 0.462 e. The summed E-state index contributed by atoms with van der Waals surface area (Å²) < 4.78 is 5.87. The van der Waals surface area contributed by atoms with Gasteiger partial charge in [0.25, 0.3) is 0 Å². The number of hydrogen-bond donors (Lipinski definition) is 0. The van der Waals surface area contributed by atoms with E-state index in [0.717, 1.165) is 36.9 Å². The first-order valence-corrected chi connectivity index (χ1v) is 11.4. The number of rotatable bonds is 3. The van der Waals surface area contributed by atoms with E-state index in [4.69, 9.17) is 32.9 Å². The van der Waals surface area contributed by atoms with Crippen LogP contribution in [0.3, 0.4) is 0 Å². The van der Waals surface area contributed by atoms with E-state index < -0.39 is 11.8 Å². The highest BCUT2D eigenvalue weighted by Crippen LogP contribution is 2.49. The average Bonchev–Trinajstić information content (AvgIpc) is 3.12. The van der Waals surface area contributed by atoms with Crippen molar-refractivity contribution in [1.29, 1.82) is 0 Å². The van der Waals surface area contributed by atoms with Gasteiger partial charge in [-0.1, -0.05) is 43.1 Å². The molecular weight excluding hydrogens is 421 g/mol. The Morgan fingerprint density at radius 3 is 2.53 bits per heavy atom. The van der Waals surface area contributed by atoms with Gasteiger partial charge in [-0.05, 0) is 62.1 Å². The first-order valence-electron chi connectivity index (χ1n) is 10.6. The molecule has 2 atom stereocenters. The summed E-state index contributed by atoms with van der Waals surface area (Å²) in [6, 6.07) is 5.23. The molecule has 4 nitrogen and oxygen atoms in total. The highest BCUT2D eigenvalue weighted by Gasteiger charge is 2.47. The molecule has 30 heavy (non-hydrogen) atoms. The van der Waals surface area contributed by atoms with E-state index in [1.807, 2.05) is 13.0 Å². The van der Waals surface area contributed by atoms with Crippen molar-refractivity contribution in [3.05, 3.63) is 45.1 Å². The fraction of sp³-hybridized carbons (Fsp3) is 0.542. The summed E-state index contributed by atoms with van der Waals surface area (Å²) in [7, 11) is 0. The Hall–Kier alpha value is -1.65. The van der Waals surface area contributed by atoms with E-state index in [0.29, 0.717) is 34.2 Å². The van der Waals surface area contributed by atoms with E-state index >= 15 is 0 Å². The molecule has 160 valence electrons. The monoisotopic (exact) mass is 447 g/mol. The normalized spacial score (nSPS) is 26.4. The Kier molecular flexibility index (Phi) is 5.84. The lowest BCUT2D eigenvalue weighted by Gasteiger charge is -2.39. The molecule has 1 saturated carbocycles. The molecule has 0 amide bonds. The molecule has 1 heterocycles. The standard InChI is InChI=1S/C24H27Cl2NO3/c1-13-20(23(29)30-15-6-4-5-7-15)21(16-9-8-14(25)10-17(16)26)22-18(27-13)11-24(2,3)12-19(22)28/h8-10,15,20-21H,4-7,11-12H2,1-3H3/t20?,21-/m1/s1. The van der Waals surface area contributed by atoms with Gasteiger partial charge in [0.2, 0.25) is 0 Å². The lowest BCUT2D eigenvalue weighted by molar-refractivity contribution is -0.151. The van der Waals surface area contributed by atoms with Crippen molar-refractivity contribution in [2.75, 3.05) is 0 Å². The summed E-state index contributed by atoms with van der Waals surface area (Å²) in [5.74, 6) is -1.44. The Labute approximate surface area is 187 Å². The predicted octanol–water partition coefficient (Wildman–Crippen LogP) is 6.30. The summed E-state index contributed by atoms with van der Waals surface area (Å²) in [6.45, 7) is 6.00. The fourth-order valence-electron chi connectivity index (χ4n) is 5.08. The molecule has 0 bridgehead atoms. The molecule has 6 heteroatoms. The van der Waals surface area contributed by atoms with Crippen LogP contribution in [0, 0.1) is 11.3 Å². The number of esters is 1. The number of ether oxygens (including phenoxy) is 1. The average molecular weight is 448 g/mol. The number of allylic oxidation sites excluding steroid dienone is 2. The molecule has 0 radical (unpaired) electrons. The van der Waals surface area contributed by atoms with Gasteiger partial charge in [-0.3, -0.25) is 14.6 Å². The number of hydrogen-bond acceptors (Lipinski definition) is 4. The SMILES string of the molecule is CC1=NC2=C(C(=O)CC(C)(C)C2)[C@H](c2ccc(Cl)cc2Cl)C1C(=O)OC1CCCC1. The van der Waals surface area contributed by atoms with Gasteiger partial charge >= 0.3 is 5.97 Å². The number of nitrogens with zero attached hydrogens (tertiary/aromatic N) is 1. The quantitative estimate of drug-likeness (QED) is 0.510. The smallest absolute Gasteiger partial charge is 0.315 e. The second-order valence-electron chi connectivity index (χ2n) is 9.52. The number of carbonyl (C=O) groups is 2. The van der Waals surface area contributed by atoms with Crippen molar-refractivity contribution < 1.29 is 14.3 Å². The highest BCUT2D eigenvalue weighted by atomic mass is 35.5. The van der Waals surface area contributed by atoms with Crippen LogP contribution in [0.2, 0.25) is 10.0 Å². The number of halogens is 2. The van der Waals surface area contributed by atoms with Crippen LogP contribution in [0.25, 0.3) is 0 Å². The summed E-state index contributed by atoms with van der Waals surface area (Å²) >= 11 is 12.7. The van der Waals surface area contributed by atoms with Gasteiger partial charge in [-0.2, -0.15) is 0 Å². The van der Waals surface area contributed by atoms with E-state index in [1.54, 1.807) is 12.1 Å². The van der Waals surface area contributed by atoms with Gasteiger partial charge in [-0.25, -0.2) is 0 Å². The second-order valence-corrected chi connectivity index (χ2v) is 10.4. The lowest BCUT2D eigenvalue weighted by atomic mass is 9.67. The van der Waals surface area contributed by atoms with Crippen LogP contribution in [0.15, 0.2) is 34.5 Å². The maximum absolute atomic E-state index is 13.3. The number of benzene rings is 1. The van der Waals surface area contributed by atoms with Crippen molar-refractivity contribution in [1.82, 2.24) is 0 Å². The predicted molar refractivity (Wildman–Crippen MR) is 119 cm³/mol. The molecule has 1 aromatic rings. The maximum atomic E-state index is 13.3. The van der Waals surface area contributed by atoms with Crippen LogP contribution >= 0.6 is 23.2 Å². The van der Waals surface area contributed by atoms with E-state index in [9.17, 15) is 9.59 Å². The van der Waals surface area contributed by atoms with E-state index in [2.05, 4.69) is 13.8 Å². The molecule has 1 aromatic carbocycles. The van der Waals surface area contributed by atoms with Crippen molar-refractivity contribution in [2.45, 2.75) is 71.3 Å². The third kappa shape index (κ3) is 4.09. The Morgan fingerprint density at radius 2 is 1.87 bits per heavy atom. The summed E-state index contributed by atoms with van der Waals surface area (Å²) in [6.07, 6.45) is 4.99. The van der Waals surface area contributed by atoms with Gasteiger partial charge < -0.3 is 4.74 Å². The van der Waals surface area contributed by atoms with Crippen molar-refractivity contribution in [3.63, 3.8) is 0 Å². The van der Waals surface area contributed by atoms with E-state index in [1.165, 1.54) is 0 Å². The van der Waals surface area contributed by atoms with Crippen LogP contribution < -0.4 is 0 Å². The third-order valence-corrected chi connectivity index (χ3v) is 7.00. The fourth-order valence-corrected chi connectivity index (χ4v) is 5.61. The minimum Gasteiger partial charge on any atom is -0.462 e. The molecule has 0 saturated heterocycles. The molecule has 0 aromatic heterocycles. The number of Topliss-reactive ketones (excluding diaryl/α,β-unsaturated/α-hetero) is 1. The highest BCUT2D eigenvalue weighted by molar-refractivity contribution is 6.35. The molecule has 4 rings (SSSR count). The van der Waals surface area contributed by atoms with Gasteiger partial charge in [0, 0.05) is 39.4 Å². The van der Waals surface area contributed by atoms with Gasteiger partial charge in [0.1, 0.15) is 12.0 Å². The number of carbonyl (C=O) groups excluding carboxylic acids is 2. The van der Waals surface area contributed by atoms with Gasteiger partial charge in [-0.15, -0.1) is 0 Å². The van der Waals surface area contributed by atoms with Crippen LogP contribution in [0.5, 0.6) is 0 Å². The summed E-state index contributed by atoms with van der Waals surface area (Å²) in [5.41, 5.74) is 2.63. The Bertz CT molecular complexity index is 957. The van der Waals surface area contributed by atoms with Gasteiger partial charge in [0.15, 0.2) is 5.78 Å². The minimum absolute atomic E-state index is 0.0344. The molecule has 1 aliphatic heterocycles. The lowest BCUT2D eigenvalue weighted by Crippen LogP contribution is -2.40. The topological polar surface area (TPSA) is 55.7 Å². The maximum Gasteiger partial charge on any atom is 0.315 e. The molecule has 0 N–H and O–H groups in total. The van der Waals surface area contributed by atoms with Crippen LogP contribution in [-0.4, -0.2) is 23.6 Å². The van der Waals surface area contributed by atoms with Crippen molar-refractivity contribution in [2.24, 2.45) is 16.3 Å². The summed E-state index contributed by atoms with van der Waals surface area (Å²) in [5, 5.41) is 0.964. The molecular formula is C24H27Cl2NO3. The van der Waals surface area contributed by atoms with Crippen LogP contribution in [-0.2, 0) is 14.3 Å². The van der Waals surface area contributed by atoms with Gasteiger partial charge in [0.05, 0.1) is 0 Å². The van der Waals surface area contributed by atoms with E-state index in [-0.39, 0.29) is 23.3 Å². The molecule has 2 aliphatic carbocycles. The van der Waals surface area contributed by atoms with Crippen LogP contribution in [0.4, 0.5) is 0 Å². The number of aliphatic imine (C=N–C) groups is 1. The molecule has 3 aliphatic rings. The first kappa shape index (κ1) is 21.6. The zero-order valence-electron chi connectivity index (χ0n) is 17.6. The molecule has 0 spiro atoms. The number of ketones is 1. The molecule has 1 fully saturated rings. The van der Waals surface area contributed by atoms with Crippen molar-refractivity contribution >= 4 is 40.7 Å². The summed E-state index contributed by atoms with van der Waals surface area (Å²) in [4.78, 5) is 31.4. The minimum atomic E-state index is -0.659. The Balaban J connectivity index is 1.81. The van der Waals surface area contributed by atoms with Crippen molar-refractivity contribution in [3.8, 4) is 0 Å².